The van der Waals surface area contributed by atoms with Crippen LogP contribution >= 0.6 is 0 Å². The van der Waals surface area contributed by atoms with Crippen molar-refractivity contribution in [3.05, 3.63) is 72.8 Å². The van der Waals surface area contributed by atoms with Gasteiger partial charge in [0.25, 0.3) is 12.7 Å². The number of benzene rings is 1. The van der Waals surface area contributed by atoms with Crippen LogP contribution in [0.15, 0.2) is 61.7 Å². The molecule has 0 amide bonds. The average Bonchev–Trinajstić information content (AvgIpc) is 3.87. The molecule has 10 heteroatoms. The highest BCUT2D eigenvalue weighted by atomic mass is 16.6. The fourth-order valence-corrected chi connectivity index (χ4v) is 11.8. The predicted octanol–water partition coefficient (Wildman–Crippen LogP) is 6.54. The smallest absolute Gasteiger partial charge is 0.469 e. The zero-order chi connectivity index (χ0) is 35.5. The summed E-state index contributed by atoms with van der Waals surface area (Å²) >= 11 is 0. The molecule has 272 valence electrons. The number of carbonyl (C=O) groups is 3. The summed E-state index contributed by atoms with van der Waals surface area (Å²) in [5.41, 5.74) is 2.15. The first-order valence-corrected chi connectivity index (χ1v) is 19.3. The molecule has 7 aliphatic rings. The molecule has 0 N–H and O–H groups in total. The summed E-state index contributed by atoms with van der Waals surface area (Å²) < 4.78 is 25.1. The Morgan fingerprint density at radius 1 is 0.882 bits per heavy atom. The van der Waals surface area contributed by atoms with Gasteiger partial charge in [-0.2, -0.15) is 9.59 Å². The van der Waals surface area contributed by atoms with Gasteiger partial charge >= 0.3 is 18.2 Å². The van der Waals surface area contributed by atoms with Crippen molar-refractivity contribution >= 4 is 18.2 Å². The highest BCUT2D eigenvalue weighted by Crippen LogP contribution is 2.69. The molecular formula is C41H54N4O6+2. The number of nitrogens with zero attached hydrogens (tertiary/aromatic N) is 4. The molecule has 5 heterocycles. The van der Waals surface area contributed by atoms with Crippen LogP contribution in [0.4, 0.5) is 9.59 Å². The van der Waals surface area contributed by atoms with E-state index in [0.717, 1.165) is 68.9 Å². The lowest BCUT2D eigenvalue weighted by atomic mass is 9.43. The van der Waals surface area contributed by atoms with Gasteiger partial charge in [-0.1, -0.05) is 45.0 Å². The van der Waals surface area contributed by atoms with Crippen LogP contribution in [-0.2, 0) is 32.1 Å². The van der Waals surface area contributed by atoms with Gasteiger partial charge in [0.15, 0.2) is 0 Å². The van der Waals surface area contributed by atoms with E-state index in [-0.39, 0.29) is 41.2 Å². The number of esters is 1. The van der Waals surface area contributed by atoms with Crippen LogP contribution in [0.3, 0.4) is 0 Å². The van der Waals surface area contributed by atoms with Gasteiger partial charge in [0.2, 0.25) is 0 Å². The summed E-state index contributed by atoms with van der Waals surface area (Å²) in [6.07, 6.45) is 19.4. The van der Waals surface area contributed by atoms with Gasteiger partial charge in [0.05, 0.1) is 7.11 Å². The van der Waals surface area contributed by atoms with Crippen LogP contribution in [0.1, 0.15) is 96.1 Å². The Kier molecular flexibility index (Phi) is 8.86. The Bertz CT molecular complexity index is 1780. The van der Waals surface area contributed by atoms with Crippen molar-refractivity contribution in [1.29, 1.82) is 0 Å². The van der Waals surface area contributed by atoms with Gasteiger partial charge in [-0.05, 0) is 110 Å². The largest absolute Gasteiger partial charge is 0.511 e. The molecule has 3 aliphatic heterocycles. The second-order valence-electron chi connectivity index (χ2n) is 17.0. The molecule has 2 aromatic heterocycles. The van der Waals surface area contributed by atoms with Crippen molar-refractivity contribution < 1.29 is 37.7 Å². The van der Waals surface area contributed by atoms with Crippen LogP contribution in [-0.4, -0.2) is 46.6 Å². The van der Waals surface area contributed by atoms with E-state index in [2.05, 4.69) is 45.0 Å². The van der Waals surface area contributed by atoms with E-state index in [0.29, 0.717) is 55.0 Å². The maximum absolute atomic E-state index is 14.1. The topological polar surface area (TPSA) is 96.5 Å². The number of ether oxygens (including phenoxy) is 3. The third kappa shape index (κ3) is 6.10. The van der Waals surface area contributed by atoms with Crippen LogP contribution in [0.25, 0.3) is 0 Å². The molecule has 0 spiro atoms. The Hall–Kier alpha value is -3.95. The first kappa shape index (κ1) is 34.2. The lowest BCUT2D eigenvalue weighted by Crippen LogP contribution is -2.60. The van der Waals surface area contributed by atoms with Crippen molar-refractivity contribution in [2.45, 2.75) is 110 Å². The quantitative estimate of drug-likeness (QED) is 0.175. The maximum Gasteiger partial charge on any atom is 0.511 e. The number of rotatable bonds is 4. The molecule has 10 atom stereocenters. The maximum atomic E-state index is 14.1. The van der Waals surface area contributed by atoms with E-state index in [1.165, 1.54) is 7.11 Å². The van der Waals surface area contributed by atoms with E-state index in [9.17, 15) is 14.4 Å². The van der Waals surface area contributed by atoms with E-state index in [1.807, 2.05) is 40.4 Å². The van der Waals surface area contributed by atoms with Crippen molar-refractivity contribution in [3.8, 4) is 0 Å². The normalized spacial score (nSPS) is 35.2. The number of fused-ring (bicyclic) bond motifs is 4. The Labute approximate surface area is 301 Å². The molecular weight excluding hydrogens is 644 g/mol. The molecule has 10 rings (SSSR count). The fraction of sp³-hybridized carbons (Fsp3) is 0.634. The zero-order valence-corrected chi connectivity index (χ0v) is 30.6. The van der Waals surface area contributed by atoms with Crippen LogP contribution in [0, 0.1) is 46.3 Å². The molecule has 0 unspecified atom stereocenters. The van der Waals surface area contributed by atoms with Gasteiger partial charge in [-0.15, -0.1) is 9.13 Å². The summed E-state index contributed by atoms with van der Waals surface area (Å²) in [7, 11) is 1.46. The monoisotopic (exact) mass is 698 g/mol. The summed E-state index contributed by atoms with van der Waals surface area (Å²) in [4.78, 5) is 39.6. The molecule has 11 bridgehead atoms. The van der Waals surface area contributed by atoms with Gasteiger partial charge in [0.1, 0.15) is 50.1 Å². The van der Waals surface area contributed by atoms with Crippen molar-refractivity contribution in [1.82, 2.24) is 9.13 Å². The average molecular weight is 699 g/mol. The predicted molar refractivity (Wildman–Crippen MR) is 186 cm³/mol. The van der Waals surface area contributed by atoms with Gasteiger partial charge in [-0.25, -0.2) is 9.13 Å². The minimum Gasteiger partial charge on any atom is -0.469 e. The number of methoxy groups -OCH3 is 1. The molecule has 0 radical (unpaired) electrons. The second kappa shape index (κ2) is 13.2. The number of hydrogen-bond donors (Lipinski definition) is 0. The summed E-state index contributed by atoms with van der Waals surface area (Å²) in [5.74, 6) is 2.37. The van der Waals surface area contributed by atoms with Gasteiger partial charge in [0, 0.05) is 11.8 Å². The molecule has 4 aliphatic carbocycles. The Morgan fingerprint density at radius 2 is 1.53 bits per heavy atom. The van der Waals surface area contributed by atoms with Gasteiger partial charge in [-0.3, -0.25) is 4.79 Å². The highest BCUT2D eigenvalue weighted by molar-refractivity contribution is 5.70. The minimum atomic E-state index is -0.324. The number of imidazole rings is 2. The van der Waals surface area contributed by atoms with Gasteiger partial charge < -0.3 is 14.2 Å². The van der Waals surface area contributed by atoms with E-state index >= 15 is 0 Å². The van der Waals surface area contributed by atoms with E-state index < -0.39 is 0 Å². The lowest BCUT2D eigenvalue weighted by Gasteiger charge is -2.62. The Balaban J connectivity index is 1.13. The third-order valence-corrected chi connectivity index (χ3v) is 14.5. The Morgan fingerprint density at radius 3 is 2.18 bits per heavy atom. The highest BCUT2D eigenvalue weighted by Gasteiger charge is 2.65. The standard InChI is InChI=1S/C41H54N4O6/c1-27(5-14-37(46)49-4)33-12-13-34-32-11-10-30-21-31-15-16-40(30,2)35(32)22-36(41(33,34)3)51-39(48)45-20-18-43(26-45)24-29-8-6-28(7-9-29)23-42-17-19-44(25-42)38(47)50-31/h6-9,17-20,25-27,30-36H,5,10-16,21-24H2,1-4H3/q+2/t27-,30-,31-,32+,33-,34+,35+,36+,40+,41-/m1/s1. The van der Waals surface area contributed by atoms with Crippen molar-refractivity contribution in [2.24, 2.45) is 46.3 Å². The number of hydrogen-bond acceptors (Lipinski definition) is 6. The number of carbonyl (C=O) groups excluding carboxylic acids is 3. The molecule has 1 aromatic carbocycles. The first-order chi connectivity index (χ1) is 24.5. The molecule has 51 heavy (non-hydrogen) atoms. The molecule has 3 aromatic rings. The molecule has 4 saturated carbocycles. The van der Waals surface area contributed by atoms with Crippen LogP contribution < -0.4 is 9.13 Å². The third-order valence-electron chi connectivity index (χ3n) is 14.5. The summed E-state index contributed by atoms with van der Waals surface area (Å²) in [6, 6.07) is 8.42. The SMILES string of the molecule is COC(=O)CC[C@@H](C)[C@H]1CC[C@H]2[C@@H]3CC[C@@H]4C[C@H]5CC[C@]4(C)[C@H]3C[C@H](OC(=O)n3cc[n+](c3)Cc3ccc(cc3)C[n+]3ccn(c3)C(=O)O5)[C@]12C. The lowest BCUT2D eigenvalue weighted by molar-refractivity contribution is -0.688. The van der Waals surface area contributed by atoms with Crippen molar-refractivity contribution in [2.75, 3.05) is 7.11 Å². The first-order valence-electron chi connectivity index (χ1n) is 19.3. The number of aromatic nitrogens is 4. The van der Waals surface area contributed by atoms with Crippen LogP contribution in [0.5, 0.6) is 0 Å². The fourth-order valence-electron chi connectivity index (χ4n) is 11.8. The summed E-state index contributed by atoms with van der Waals surface area (Å²) in [6.45, 7) is 8.44. The molecule has 0 saturated heterocycles. The minimum absolute atomic E-state index is 0.0856. The molecule has 10 nitrogen and oxygen atoms in total. The second-order valence-corrected chi connectivity index (χ2v) is 17.0. The zero-order valence-electron chi connectivity index (χ0n) is 30.6. The molecule has 4 fully saturated rings. The van der Waals surface area contributed by atoms with E-state index in [4.69, 9.17) is 14.2 Å². The van der Waals surface area contributed by atoms with Crippen LogP contribution in [0.2, 0.25) is 0 Å². The van der Waals surface area contributed by atoms with Crippen molar-refractivity contribution in [3.63, 3.8) is 0 Å². The van der Waals surface area contributed by atoms with E-state index in [1.54, 1.807) is 15.3 Å². The summed E-state index contributed by atoms with van der Waals surface area (Å²) in [5, 5.41) is 0.